The van der Waals surface area contributed by atoms with E-state index in [-0.39, 0.29) is 0 Å². The maximum absolute atomic E-state index is 6.14. The predicted octanol–water partition coefficient (Wildman–Crippen LogP) is 5.83. The van der Waals surface area contributed by atoms with Gasteiger partial charge in [0.15, 0.2) is 0 Å². The molecule has 0 aliphatic rings. The van der Waals surface area contributed by atoms with Crippen molar-refractivity contribution in [3.05, 3.63) is 47.5 Å². The average molecular weight is 252 g/mol. The summed E-state index contributed by atoms with van der Waals surface area (Å²) in [4.78, 5) is 0. The SMILES string of the molecule is CC(C)c1ccc2c(c1)oc1c(C(C)C)cccc12. The molecule has 0 aliphatic heterocycles. The van der Waals surface area contributed by atoms with Crippen molar-refractivity contribution in [2.24, 2.45) is 0 Å². The van der Waals surface area contributed by atoms with Crippen LogP contribution in [0.5, 0.6) is 0 Å². The van der Waals surface area contributed by atoms with Crippen LogP contribution in [0, 0.1) is 0 Å². The molecule has 3 rings (SSSR count). The smallest absolute Gasteiger partial charge is 0.138 e. The second-order valence-electron chi connectivity index (χ2n) is 5.89. The fourth-order valence-corrected chi connectivity index (χ4v) is 2.65. The Labute approximate surface area is 114 Å². The van der Waals surface area contributed by atoms with Gasteiger partial charge in [0.05, 0.1) is 0 Å². The molecule has 1 heteroatoms. The number of para-hydroxylation sites is 1. The van der Waals surface area contributed by atoms with E-state index in [1.54, 1.807) is 0 Å². The van der Waals surface area contributed by atoms with Crippen molar-refractivity contribution in [1.82, 2.24) is 0 Å². The van der Waals surface area contributed by atoms with E-state index in [0.717, 1.165) is 11.2 Å². The van der Waals surface area contributed by atoms with Crippen LogP contribution in [0.4, 0.5) is 0 Å². The zero-order chi connectivity index (χ0) is 13.6. The van der Waals surface area contributed by atoms with Gasteiger partial charge in [-0.2, -0.15) is 0 Å². The first-order chi connectivity index (χ1) is 9.08. The Morgan fingerprint density at radius 2 is 1.63 bits per heavy atom. The molecular weight excluding hydrogens is 232 g/mol. The summed E-state index contributed by atoms with van der Waals surface area (Å²) >= 11 is 0. The molecular formula is C18H20O. The molecule has 0 bridgehead atoms. The molecule has 0 amide bonds. The summed E-state index contributed by atoms with van der Waals surface area (Å²) in [6.07, 6.45) is 0. The Kier molecular flexibility index (Phi) is 2.85. The van der Waals surface area contributed by atoms with Gasteiger partial charge in [0.1, 0.15) is 11.2 Å². The fourth-order valence-electron chi connectivity index (χ4n) is 2.65. The molecule has 2 aromatic carbocycles. The normalized spacial score (nSPS) is 12.1. The fraction of sp³-hybridized carbons (Fsp3) is 0.333. The van der Waals surface area contributed by atoms with E-state index in [0.29, 0.717) is 11.8 Å². The lowest BCUT2D eigenvalue weighted by Crippen LogP contribution is -1.86. The highest BCUT2D eigenvalue weighted by Crippen LogP contribution is 2.34. The number of hydrogen-bond donors (Lipinski definition) is 0. The monoisotopic (exact) mass is 252 g/mol. The Morgan fingerprint density at radius 1 is 0.842 bits per heavy atom. The summed E-state index contributed by atoms with van der Waals surface area (Å²) in [5.74, 6) is 1.01. The van der Waals surface area contributed by atoms with E-state index in [9.17, 15) is 0 Å². The quantitative estimate of drug-likeness (QED) is 0.559. The highest BCUT2D eigenvalue weighted by Gasteiger charge is 2.13. The van der Waals surface area contributed by atoms with Crippen molar-refractivity contribution < 1.29 is 4.42 Å². The topological polar surface area (TPSA) is 13.1 Å². The molecule has 0 atom stereocenters. The van der Waals surface area contributed by atoms with Gasteiger partial charge < -0.3 is 4.42 Å². The molecule has 0 N–H and O–H groups in total. The van der Waals surface area contributed by atoms with Crippen molar-refractivity contribution in [2.75, 3.05) is 0 Å². The Balaban J connectivity index is 2.34. The Bertz CT molecular complexity index is 732. The van der Waals surface area contributed by atoms with E-state index in [1.165, 1.54) is 21.9 Å². The molecule has 0 saturated carbocycles. The van der Waals surface area contributed by atoms with Crippen molar-refractivity contribution in [1.29, 1.82) is 0 Å². The van der Waals surface area contributed by atoms with Gasteiger partial charge in [0, 0.05) is 10.8 Å². The number of furan rings is 1. The number of fused-ring (bicyclic) bond motifs is 3. The van der Waals surface area contributed by atoms with E-state index >= 15 is 0 Å². The zero-order valence-electron chi connectivity index (χ0n) is 12.0. The molecule has 0 fully saturated rings. The van der Waals surface area contributed by atoms with Gasteiger partial charge in [-0.1, -0.05) is 58.0 Å². The molecule has 0 aliphatic carbocycles. The number of benzene rings is 2. The summed E-state index contributed by atoms with van der Waals surface area (Å²) in [7, 11) is 0. The maximum atomic E-state index is 6.14. The third kappa shape index (κ3) is 1.94. The minimum Gasteiger partial charge on any atom is -0.456 e. The third-order valence-corrected chi connectivity index (χ3v) is 3.84. The summed E-state index contributed by atoms with van der Waals surface area (Å²) in [5, 5.41) is 2.46. The first-order valence-electron chi connectivity index (χ1n) is 7.03. The molecule has 19 heavy (non-hydrogen) atoms. The predicted molar refractivity (Wildman–Crippen MR) is 81.9 cm³/mol. The van der Waals surface area contributed by atoms with Gasteiger partial charge in [-0.3, -0.25) is 0 Å². The zero-order valence-corrected chi connectivity index (χ0v) is 12.0. The van der Waals surface area contributed by atoms with Gasteiger partial charge in [-0.15, -0.1) is 0 Å². The van der Waals surface area contributed by atoms with Gasteiger partial charge in [-0.05, 0) is 29.0 Å². The summed E-state index contributed by atoms with van der Waals surface area (Å²) in [5.41, 5.74) is 4.68. The highest BCUT2D eigenvalue weighted by atomic mass is 16.3. The third-order valence-electron chi connectivity index (χ3n) is 3.84. The summed E-state index contributed by atoms with van der Waals surface area (Å²) < 4.78 is 6.14. The highest BCUT2D eigenvalue weighted by molar-refractivity contribution is 6.06. The maximum Gasteiger partial charge on any atom is 0.138 e. The molecule has 3 aromatic rings. The minimum absolute atomic E-state index is 0.480. The number of rotatable bonds is 2. The van der Waals surface area contributed by atoms with E-state index in [1.807, 2.05) is 0 Å². The molecule has 1 nitrogen and oxygen atoms in total. The standard InChI is InChI=1S/C18H20O/c1-11(2)13-8-9-15-16-7-5-6-14(12(3)4)18(16)19-17(15)10-13/h5-12H,1-4H3. The first kappa shape index (κ1) is 12.3. The second kappa shape index (κ2) is 4.41. The van der Waals surface area contributed by atoms with E-state index < -0.39 is 0 Å². The van der Waals surface area contributed by atoms with Crippen LogP contribution in [0.1, 0.15) is 50.7 Å². The van der Waals surface area contributed by atoms with Crippen LogP contribution < -0.4 is 0 Å². The van der Waals surface area contributed by atoms with Crippen molar-refractivity contribution >= 4 is 21.9 Å². The van der Waals surface area contributed by atoms with Crippen LogP contribution in [-0.4, -0.2) is 0 Å². The van der Waals surface area contributed by atoms with E-state index in [2.05, 4.69) is 64.1 Å². The molecule has 0 unspecified atom stereocenters. The minimum atomic E-state index is 0.480. The molecule has 1 heterocycles. The van der Waals surface area contributed by atoms with Gasteiger partial charge in [-0.25, -0.2) is 0 Å². The molecule has 0 radical (unpaired) electrons. The van der Waals surface area contributed by atoms with Crippen molar-refractivity contribution in [3.63, 3.8) is 0 Å². The Hall–Kier alpha value is -1.76. The van der Waals surface area contributed by atoms with Crippen LogP contribution in [0.2, 0.25) is 0 Å². The van der Waals surface area contributed by atoms with Gasteiger partial charge in [0.2, 0.25) is 0 Å². The van der Waals surface area contributed by atoms with Gasteiger partial charge in [0.25, 0.3) is 0 Å². The summed E-state index contributed by atoms with van der Waals surface area (Å²) in [6.45, 7) is 8.84. The van der Waals surface area contributed by atoms with Crippen LogP contribution in [0.15, 0.2) is 40.8 Å². The van der Waals surface area contributed by atoms with E-state index in [4.69, 9.17) is 4.42 Å². The van der Waals surface area contributed by atoms with Crippen LogP contribution in [0.25, 0.3) is 21.9 Å². The largest absolute Gasteiger partial charge is 0.456 e. The average Bonchev–Trinajstić information content (AvgIpc) is 2.75. The first-order valence-corrected chi connectivity index (χ1v) is 7.03. The van der Waals surface area contributed by atoms with Crippen LogP contribution in [-0.2, 0) is 0 Å². The van der Waals surface area contributed by atoms with Crippen molar-refractivity contribution in [3.8, 4) is 0 Å². The molecule has 98 valence electrons. The van der Waals surface area contributed by atoms with Crippen molar-refractivity contribution in [2.45, 2.75) is 39.5 Å². The molecule has 0 saturated heterocycles. The lowest BCUT2D eigenvalue weighted by atomic mass is 9.99. The van der Waals surface area contributed by atoms with Crippen LogP contribution >= 0.6 is 0 Å². The molecule has 0 spiro atoms. The van der Waals surface area contributed by atoms with Gasteiger partial charge >= 0.3 is 0 Å². The molecule has 1 aromatic heterocycles. The lowest BCUT2D eigenvalue weighted by Gasteiger charge is -2.04. The lowest BCUT2D eigenvalue weighted by molar-refractivity contribution is 0.655. The second-order valence-corrected chi connectivity index (χ2v) is 5.89. The Morgan fingerprint density at radius 3 is 2.32 bits per heavy atom. The van der Waals surface area contributed by atoms with Crippen LogP contribution in [0.3, 0.4) is 0 Å². The number of hydrogen-bond acceptors (Lipinski definition) is 1. The summed E-state index contributed by atoms with van der Waals surface area (Å²) in [6, 6.07) is 13.0.